The molecule has 0 aliphatic rings. The van der Waals surface area contributed by atoms with E-state index in [1.807, 2.05) is 24.3 Å². The van der Waals surface area contributed by atoms with Crippen LogP contribution in [0.2, 0.25) is 0 Å². The van der Waals surface area contributed by atoms with Crippen molar-refractivity contribution in [2.45, 2.75) is 83.3 Å². The van der Waals surface area contributed by atoms with E-state index in [-0.39, 0.29) is 0 Å². The quantitative estimate of drug-likeness (QED) is 0.139. The van der Waals surface area contributed by atoms with Crippen LogP contribution in [0.4, 0.5) is 0 Å². The van der Waals surface area contributed by atoms with Crippen LogP contribution in [0.3, 0.4) is 0 Å². The first-order valence-electron chi connectivity index (χ1n) is 14.4. The van der Waals surface area contributed by atoms with E-state index in [4.69, 9.17) is 17.6 Å². The number of aliphatic hydroxyl groups is 2. The molecule has 40 heavy (non-hydrogen) atoms. The molecule has 2 atom stereocenters. The molecule has 4 nitrogen and oxygen atoms in total. The highest BCUT2D eigenvalue weighted by molar-refractivity contribution is 6.09. The van der Waals surface area contributed by atoms with Gasteiger partial charge in [-0.25, -0.2) is 0 Å². The van der Waals surface area contributed by atoms with Crippen LogP contribution >= 0.6 is 0 Å². The van der Waals surface area contributed by atoms with E-state index in [9.17, 15) is 10.2 Å². The largest absolute Gasteiger partial charge is 0.494 e. The van der Waals surface area contributed by atoms with E-state index >= 15 is 0 Å². The number of unbranched alkanes of at least 4 members (excludes halogenated alkanes) is 5. The van der Waals surface area contributed by atoms with Gasteiger partial charge in [-0.1, -0.05) is 63.0 Å². The fraction of sp³-hybridized carbons (Fsp3) is 0.389. The summed E-state index contributed by atoms with van der Waals surface area (Å²) in [5, 5.41) is 23.1. The fourth-order valence-corrected chi connectivity index (χ4v) is 5.28. The maximum Gasteiger partial charge on any atom is 0.126 e. The van der Waals surface area contributed by atoms with Crippen molar-refractivity contribution in [3.05, 3.63) is 71.8 Å². The normalized spacial score (nSPS) is 14.4. The summed E-state index contributed by atoms with van der Waals surface area (Å²) in [4.78, 5) is 0. The minimum atomic E-state index is -1.23. The summed E-state index contributed by atoms with van der Waals surface area (Å²) in [5.41, 5.74) is 2.56. The van der Waals surface area contributed by atoms with Crippen molar-refractivity contribution >= 4 is 21.8 Å². The molecule has 0 aliphatic heterocycles. The number of fused-ring (bicyclic) bond motifs is 3. The Bertz CT molecular complexity index is 1440. The Morgan fingerprint density at radius 2 is 1.23 bits per heavy atom. The first-order chi connectivity index (χ1) is 19.2. The molecule has 4 rings (SSSR count). The third-order valence-electron chi connectivity index (χ3n) is 7.47. The number of terminal acetylenes is 2. The smallest absolute Gasteiger partial charge is 0.126 e. The molecule has 0 amide bonds. The van der Waals surface area contributed by atoms with Gasteiger partial charge in [-0.3, -0.25) is 0 Å². The highest BCUT2D eigenvalue weighted by atomic mass is 16.5. The van der Waals surface area contributed by atoms with E-state index in [1.54, 1.807) is 13.8 Å². The lowest BCUT2D eigenvalue weighted by Gasteiger charge is -2.16. The number of nitrogens with zero attached hydrogens (tertiary/aromatic N) is 1. The minimum Gasteiger partial charge on any atom is -0.494 e. The van der Waals surface area contributed by atoms with Crippen molar-refractivity contribution in [3.63, 3.8) is 0 Å². The molecule has 0 saturated carbocycles. The Morgan fingerprint density at radius 3 is 1.73 bits per heavy atom. The average molecular weight is 536 g/mol. The molecule has 0 spiro atoms. The minimum absolute atomic E-state index is 0.349. The van der Waals surface area contributed by atoms with Crippen molar-refractivity contribution in [3.8, 4) is 36.1 Å². The Morgan fingerprint density at radius 1 is 0.725 bits per heavy atom. The molecule has 4 heteroatoms. The first-order valence-corrected chi connectivity index (χ1v) is 14.4. The maximum absolute atomic E-state index is 10.5. The van der Waals surface area contributed by atoms with Crippen LogP contribution in [0.5, 0.6) is 5.75 Å². The van der Waals surface area contributed by atoms with Crippen LogP contribution in [-0.4, -0.2) is 32.6 Å². The number of hydrogen-bond acceptors (Lipinski definition) is 3. The zero-order chi connectivity index (χ0) is 28.8. The summed E-state index contributed by atoms with van der Waals surface area (Å²) < 4.78 is 8.25. The Balaban J connectivity index is 1.67. The van der Waals surface area contributed by atoms with Gasteiger partial charge in [0.25, 0.3) is 0 Å². The van der Waals surface area contributed by atoms with Crippen LogP contribution in [0, 0.1) is 24.7 Å². The molecule has 2 N–H and O–H groups in total. The number of benzene rings is 3. The van der Waals surface area contributed by atoms with E-state index in [1.165, 1.54) is 32.1 Å². The monoisotopic (exact) mass is 535 g/mol. The van der Waals surface area contributed by atoms with Crippen molar-refractivity contribution in [1.82, 2.24) is 4.57 Å². The van der Waals surface area contributed by atoms with E-state index in [0.29, 0.717) is 12.8 Å². The summed E-state index contributed by atoms with van der Waals surface area (Å²) in [6.07, 6.45) is 19.2. The molecule has 208 valence electrons. The number of aromatic nitrogens is 1. The summed E-state index contributed by atoms with van der Waals surface area (Å²) in [5.74, 6) is 5.82. The Hall–Kier alpha value is -3.70. The van der Waals surface area contributed by atoms with Crippen LogP contribution in [0.1, 0.15) is 70.4 Å². The van der Waals surface area contributed by atoms with Crippen molar-refractivity contribution in [2.75, 3.05) is 6.61 Å². The SMILES string of the molecule is C#CC(C)(O)Cc1ccc2c(c1)c1cc(CC(C)(O)C#C)ccc1n2-c1ccc(OCCCCCCCC)cc1. The molecule has 1 aromatic heterocycles. The maximum atomic E-state index is 10.5. The summed E-state index contributed by atoms with van der Waals surface area (Å²) >= 11 is 0. The average Bonchev–Trinajstić information content (AvgIpc) is 3.25. The van der Waals surface area contributed by atoms with Gasteiger partial charge in [0.1, 0.15) is 17.0 Å². The molecule has 2 unspecified atom stereocenters. The summed E-state index contributed by atoms with van der Waals surface area (Å²) in [7, 11) is 0. The molecule has 0 saturated heterocycles. The lowest BCUT2D eigenvalue weighted by molar-refractivity contribution is 0.122. The molecule has 3 aromatic carbocycles. The van der Waals surface area contributed by atoms with Gasteiger partial charge in [0.05, 0.1) is 17.6 Å². The molecule has 1 heterocycles. The van der Waals surface area contributed by atoms with Gasteiger partial charge >= 0.3 is 0 Å². The molecular weight excluding hydrogens is 494 g/mol. The van der Waals surface area contributed by atoms with Gasteiger partial charge in [0, 0.05) is 29.3 Å². The molecule has 4 aromatic rings. The fourth-order valence-electron chi connectivity index (χ4n) is 5.28. The summed E-state index contributed by atoms with van der Waals surface area (Å²) in [6, 6.07) is 20.6. The second kappa shape index (κ2) is 12.6. The molecule has 0 radical (unpaired) electrons. The first kappa shape index (κ1) is 29.3. The van der Waals surface area contributed by atoms with Crippen molar-refractivity contribution in [2.24, 2.45) is 0 Å². The lowest BCUT2D eigenvalue weighted by Crippen LogP contribution is -2.24. The van der Waals surface area contributed by atoms with Gasteiger partial charge in [-0.2, -0.15) is 0 Å². The highest BCUT2D eigenvalue weighted by Gasteiger charge is 2.21. The van der Waals surface area contributed by atoms with E-state index in [0.717, 1.165) is 57.4 Å². The third-order valence-corrected chi connectivity index (χ3v) is 7.47. The van der Waals surface area contributed by atoms with Gasteiger partial charge in [-0.15, -0.1) is 12.8 Å². The van der Waals surface area contributed by atoms with Crippen molar-refractivity contribution in [1.29, 1.82) is 0 Å². The van der Waals surface area contributed by atoms with Crippen LogP contribution in [0.15, 0.2) is 60.7 Å². The molecule has 0 aliphatic carbocycles. The van der Waals surface area contributed by atoms with Crippen LogP contribution < -0.4 is 4.74 Å². The predicted octanol–water partition coefficient (Wildman–Crippen LogP) is 7.38. The zero-order valence-electron chi connectivity index (χ0n) is 24.0. The second-order valence-electron chi connectivity index (χ2n) is 11.3. The molecule has 0 bridgehead atoms. The highest BCUT2D eigenvalue weighted by Crippen LogP contribution is 2.35. The van der Waals surface area contributed by atoms with E-state index in [2.05, 4.69) is 59.7 Å². The molecule has 0 fully saturated rings. The predicted molar refractivity (Wildman–Crippen MR) is 166 cm³/mol. The standard InChI is InChI=1S/C36H41NO3/c1-6-9-10-11-12-13-22-40-30-18-16-29(17-19-30)37-33-20-14-27(25-35(4,38)7-2)23-31(33)32-24-28(15-21-34(32)37)26-36(5,39)8-3/h2-3,14-21,23-24,38-39H,6,9-13,22,25-26H2,1,4-5H3. The van der Waals surface area contributed by atoms with E-state index < -0.39 is 11.2 Å². The lowest BCUT2D eigenvalue weighted by atomic mass is 9.95. The van der Waals surface area contributed by atoms with Gasteiger partial charge in [0.15, 0.2) is 0 Å². The number of ether oxygens (including phenoxy) is 1. The van der Waals surface area contributed by atoms with Crippen LogP contribution in [-0.2, 0) is 12.8 Å². The van der Waals surface area contributed by atoms with Gasteiger partial charge < -0.3 is 19.5 Å². The van der Waals surface area contributed by atoms with Gasteiger partial charge in [-0.05, 0) is 79.9 Å². The second-order valence-corrected chi connectivity index (χ2v) is 11.3. The van der Waals surface area contributed by atoms with Crippen molar-refractivity contribution < 1.29 is 14.9 Å². The summed E-state index contributed by atoms with van der Waals surface area (Å²) in [6.45, 7) is 6.27. The third kappa shape index (κ3) is 7.08. The zero-order valence-corrected chi connectivity index (χ0v) is 24.0. The Kier molecular flexibility index (Phi) is 9.26. The topological polar surface area (TPSA) is 54.6 Å². The number of rotatable bonds is 13. The Labute approximate surface area is 239 Å². The van der Waals surface area contributed by atoms with Gasteiger partial charge in [0.2, 0.25) is 0 Å². The van der Waals surface area contributed by atoms with Crippen LogP contribution in [0.25, 0.3) is 27.5 Å². The number of hydrogen-bond donors (Lipinski definition) is 2. The molecular formula is C36H41NO3.